The summed E-state index contributed by atoms with van der Waals surface area (Å²) in [5.41, 5.74) is 1.94. The Morgan fingerprint density at radius 1 is 1.06 bits per heavy atom. The van der Waals surface area contributed by atoms with Crippen LogP contribution in [0.3, 0.4) is 0 Å². The third kappa shape index (κ3) is 5.42. The summed E-state index contributed by atoms with van der Waals surface area (Å²) >= 11 is 0. The Morgan fingerprint density at radius 2 is 1.79 bits per heavy atom. The molecule has 33 heavy (non-hydrogen) atoms. The molecule has 0 saturated carbocycles. The van der Waals surface area contributed by atoms with Crippen LogP contribution in [-0.4, -0.2) is 59.6 Å². The van der Waals surface area contributed by atoms with E-state index in [4.69, 9.17) is 9.26 Å². The summed E-state index contributed by atoms with van der Waals surface area (Å²) in [6, 6.07) is 18.8. The molecule has 0 spiro atoms. The number of para-hydroxylation sites is 1. The molecule has 0 fully saturated rings. The van der Waals surface area contributed by atoms with Crippen molar-refractivity contribution in [1.82, 2.24) is 15.0 Å². The SMILES string of the molecule is Cc1cc(C(=O)N2CCCCN(C)C(=O)c3ccccc3OC[C@@H]2Cc2ccccc2)no1. The Labute approximate surface area is 193 Å². The highest BCUT2D eigenvalue weighted by Crippen LogP contribution is 2.23. The molecule has 0 radical (unpaired) electrons. The van der Waals surface area contributed by atoms with Crippen molar-refractivity contribution >= 4 is 11.8 Å². The van der Waals surface area contributed by atoms with Crippen molar-refractivity contribution in [3.8, 4) is 5.75 Å². The van der Waals surface area contributed by atoms with E-state index in [9.17, 15) is 9.59 Å². The molecule has 7 nitrogen and oxygen atoms in total. The number of benzene rings is 2. The molecule has 1 aliphatic heterocycles. The van der Waals surface area contributed by atoms with Crippen molar-refractivity contribution in [2.75, 3.05) is 26.7 Å². The molecule has 0 N–H and O–H groups in total. The first-order valence-corrected chi connectivity index (χ1v) is 11.3. The number of ether oxygens (including phenoxy) is 1. The first kappa shape index (κ1) is 22.6. The Hall–Kier alpha value is -3.61. The number of rotatable bonds is 3. The molecule has 172 valence electrons. The second-order valence-corrected chi connectivity index (χ2v) is 8.41. The number of aromatic nitrogens is 1. The Morgan fingerprint density at radius 3 is 2.55 bits per heavy atom. The molecule has 3 aromatic rings. The van der Waals surface area contributed by atoms with Gasteiger partial charge in [-0.15, -0.1) is 0 Å². The van der Waals surface area contributed by atoms with Crippen LogP contribution in [0.5, 0.6) is 5.75 Å². The van der Waals surface area contributed by atoms with E-state index in [-0.39, 0.29) is 24.5 Å². The Bertz CT molecular complexity index is 1100. The number of carbonyl (C=O) groups is 2. The fraction of sp³-hybridized carbons (Fsp3) is 0.346. The van der Waals surface area contributed by atoms with E-state index in [2.05, 4.69) is 5.16 Å². The zero-order valence-electron chi connectivity index (χ0n) is 19.1. The van der Waals surface area contributed by atoms with E-state index in [0.29, 0.717) is 42.3 Å². The summed E-state index contributed by atoms with van der Waals surface area (Å²) in [6.45, 7) is 3.16. The maximum absolute atomic E-state index is 13.5. The van der Waals surface area contributed by atoms with Crippen LogP contribution in [0.25, 0.3) is 0 Å². The second kappa shape index (κ2) is 10.3. The van der Waals surface area contributed by atoms with Gasteiger partial charge in [-0.3, -0.25) is 9.59 Å². The minimum Gasteiger partial charge on any atom is -0.491 e. The van der Waals surface area contributed by atoms with Gasteiger partial charge in [-0.1, -0.05) is 47.6 Å². The van der Waals surface area contributed by atoms with Gasteiger partial charge in [0.15, 0.2) is 5.69 Å². The number of carbonyl (C=O) groups excluding carboxylic acids is 2. The van der Waals surface area contributed by atoms with E-state index >= 15 is 0 Å². The average molecular weight is 448 g/mol. The maximum Gasteiger partial charge on any atom is 0.276 e. The third-order valence-corrected chi connectivity index (χ3v) is 5.90. The topological polar surface area (TPSA) is 75.9 Å². The predicted octanol–water partition coefficient (Wildman–Crippen LogP) is 3.98. The molecular formula is C26H29N3O4. The zero-order chi connectivity index (χ0) is 23.2. The summed E-state index contributed by atoms with van der Waals surface area (Å²) in [5, 5.41) is 3.96. The van der Waals surface area contributed by atoms with E-state index in [1.807, 2.05) is 47.4 Å². The molecule has 0 bridgehead atoms. The largest absolute Gasteiger partial charge is 0.491 e. The highest BCUT2D eigenvalue weighted by atomic mass is 16.5. The van der Waals surface area contributed by atoms with Crippen LogP contribution in [0, 0.1) is 6.92 Å². The molecule has 2 amide bonds. The number of nitrogens with zero attached hydrogens (tertiary/aromatic N) is 3. The lowest BCUT2D eigenvalue weighted by atomic mass is 10.0. The van der Waals surface area contributed by atoms with Crippen molar-refractivity contribution in [1.29, 1.82) is 0 Å². The number of hydrogen-bond donors (Lipinski definition) is 0. The molecule has 2 heterocycles. The van der Waals surface area contributed by atoms with Gasteiger partial charge in [0.2, 0.25) is 0 Å². The minimum absolute atomic E-state index is 0.0585. The van der Waals surface area contributed by atoms with Gasteiger partial charge in [0, 0.05) is 26.2 Å². The lowest BCUT2D eigenvalue weighted by Crippen LogP contribution is -2.46. The minimum atomic E-state index is -0.239. The number of aryl methyl sites for hydroxylation is 1. The van der Waals surface area contributed by atoms with Gasteiger partial charge in [-0.2, -0.15) is 0 Å². The quantitative estimate of drug-likeness (QED) is 0.607. The van der Waals surface area contributed by atoms with Crippen molar-refractivity contribution in [3.05, 3.63) is 83.2 Å². The predicted molar refractivity (Wildman–Crippen MR) is 124 cm³/mol. The smallest absolute Gasteiger partial charge is 0.276 e. The fourth-order valence-electron chi connectivity index (χ4n) is 4.10. The van der Waals surface area contributed by atoms with E-state index < -0.39 is 0 Å². The van der Waals surface area contributed by atoms with Gasteiger partial charge >= 0.3 is 0 Å². The zero-order valence-corrected chi connectivity index (χ0v) is 19.1. The summed E-state index contributed by atoms with van der Waals surface area (Å²) in [7, 11) is 1.80. The standard InChI is InChI=1S/C26H29N3O4/c1-19-16-23(27-33-19)26(31)29-15-9-8-14-28(2)25(30)22-12-6-7-13-24(22)32-18-21(29)17-20-10-4-3-5-11-20/h3-7,10-13,16,21H,8-9,14-15,17-18H2,1-2H3/t21-/m0/s1. The maximum atomic E-state index is 13.5. The third-order valence-electron chi connectivity index (χ3n) is 5.90. The molecule has 7 heteroatoms. The lowest BCUT2D eigenvalue weighted by Gasteiger charge is -2.32. The van der Waals surface area contributed by atoms with Crippen LogP contribution in [0.2, 0.25) is 0 Å². The van der Waals surface area contributed by atoms with Crippen LogP contribution >= 0.6 is 0 Å². The van der Waals surface area contributed by atoms with Crippen molar-refractivity contribution < 1.29 is 18.8 Å². The van der Waals surface area contributed by atoms with Gasteiger partial charge in [0.1, 0.15) is 18.1 Å². The normalized spacial score (nSPS) is 17.5. The fourth-order valence-corrected chi connectivity index (χ4v) is 4.10. The van der Waals surface area contributed by atoms with Gasteiger partial charge in [0.05, 0.1) is 11.6 Å². The Balaban J connectivity index is 1.68. The summed E-state index contributed by atoms with van der Waals surface area (Å²) in [5.74, 6) is 0.887. The van der Waals surface area contributed by atoms with Gasteiger partial charge in [0.25, 0.3) is 11.8 Å². The summed E-state index contributed by atoms with van der Waals surface area (Å²) in [6.07, 6.45) is 2.16. The Kier molecular flexibility index (Phi) is 7.07. The summed E-state index contributed by atoms with van der Waals surface area (Å²) < 4.78 is 11.4. The average Bonchev–Trinajstić information content (AvgIpc) is 3.27. The summed E-state index contributed by atoms with van der Waals surface area (Å²) in [4.78, 5) is 30.0. The first-order chi connectivity index (χ1) is 16.0. The number of amides is 2. The molecular weight excluding hydrogens is 418 g/mol. The van der Waals surface area contributed by atoms with E-state index in [1.54, 1.807) is 37.1 Å². The molecule has 1 aromatic heterocycles. The first-order valence-electron chi connectivity index (χ1n) is 11.3. The highest BCUT2D eigenvalue weighted by molar-refractivity contribution is 5.96. The molecule has 0 aliphatic carbocycles. The van der Waals surface area contributed by atoms with Crippen LogP contribution < -0.4 is 4.74 Å². The van der Waals surface area contributed by atoms with Crippen LogP contribution in [0.15, 0.2) is 65.2 Å². The molecule has 1 aliphatic rings. The molecule has 4 rings (SSSR count). The second-order valence-electron chi connectivity index (χ2n) is 8.41. The van der Waals surface area contributed by atoms with Crippen molar-refractivity contribution in [2.45, 2.75) is 32.2 Å². The van der Waals surface area contributed by atoms with Crippen molar-refractivity contribution in [2.24, 2.45) is 0 Å². The monoisotopic (exact) mass is 447 g/mol. The van der Waals surface area contributed by atoms with Gasteiger partial charge in [-0.05, 0) is 43.9 Å². The van der Waals surface area contributed by atoms with E-state index in [0.717, 1.165) is 18.4 Å². The van der Waals surface area contributed by atoms with Gasteiger partial charge in [-0.25, -0.2) is 0 Å². The molecule has 2 aromatic carbocycles. The lowest BCUT2D eigenvalue weighted by molar-refractivity contribution is 0.0581. The van der Waals surface area contributed by atoms with Gasteiger partial charge < -0.3 is 19.1 Å². The van der Waals surface area contributed by atoms with Crippen LogP contribution in [-0.2, 0) is 6.42 Å². The van der Waals surface area contributed by atoms with Crippen LogP contribution in [0.4, 0.5) is 0 Å². The van der Waals surface area contributed by atoms with Crippen LogP contribution in [0.1, 0.15) is 45.0 Å². The molecule has 0 saturated heterocycles. The number of fused-ring (bicyclic) bond motifs is 1. The molecule has 0 unspecified atom stereocenters. The van der Waals surface area contributed by atoms with Crippen molar-refractivity contribution in [3.63, 3.8) is 0 Å². The molecule has 1 atom stereocenters. The highest BCUT2D eigenvalue weighted by Gasteiger charge is 2.29. The van der Waals surface area contributed by atoms with E-state index in [1.165, 1.54) is 0 Å². The number of hydrogen-bond acceptors (Lipinski definition) is 5.